The third-order valence-electron chi connectivity index (χ3n) is 5.14. The van der Waals surface area contributed by atoms with Crippen molar-refractivity contribution in [1.82, 2.24) is 10.3 Å². The molecule has 1 heterocycles. The molecule has 4 N–H and O–H groups in total. The molecule has 0 aliphatic heterocycles. The number of H-pyrrole nitrogens is 1. The summed E-state index contributed by atoms with van der Waals surface area (Å²) in [7, 11) is 0. The van der Waals surface area contributed by atoms with Gasteiger partial charge in [0.05, 0.1) is 12.1 Å². The fraction of sp³-hybridized carbons (Fsp3) is 0.280. The number of ether oxygens (including phenoxy) is 2. The number of aromatic amines is 1. The number of anilines is 1. The standard InChI is InChI=1S/C25H29N3O2/c1-17(2)27-14-20(29-15-18-10-12-19(26)13-11-18)16-30-24-9-5-8-23-25(24)21-6-3-4-7-22(21)28-23/h3-13,17,20,27-28H,14-16,26H2,1-2H3/t20-/m0/s1. The van der Waals surface area contributed by atoms with Crippen molar-refractivity contribution in [2.75, 3.05) is 18.9 Å². The summed E-state index contributed by atoms with van der Waals surface area (Å²) in [5, 5.41) is 5.74. The Morgan fingerprint density at radius 3 is 2.50 bits per heavy atom. The van der Waals surface area contributed by atoms with E-state index in [-0.39, 0.29) is 6.10 Å². The molecule has 1 atom stereocenters. The molecule has 3 aromatic carbocycles. The second-order valence-corrected chi connectivity index (χ2v) is 7.90. The first-order valence-electron chi connectivity index (χ1n) is 10.4. The quantitative estimate of drug-likeness (QED) is 0.349. The van der Waals surface area contributed by atoms with Crippen LogP contribution in [0.3, 0.4) is 0 Å². The Kier molecular flexibility index (Phi) is 6.21. The third kappa shape index (κ3) is 4.75. The van der Waals surface area contributed by atoms with Crippen LogP contribution in [0.1, 0.15) is 19.4 Å². The fourth-order valence-corrected chi connectivity index (χ4v) is 3.53. The Hall–Kier alpha value is -3.02. The van der Waals surface area contributed by atoms with Gasteiger partial charge in [0, 0.05) is 34.6 Å². The summed E-state index contributed by atoms with van der Waals surface area (Å²) in [6.45, 7) is 5.96. The van der Waals surface area contributed by atoms with Gasteiger partial charge in [-0.2, -0.15) is 0 Å². The number of hydrogen-bond acceptors (Lipinski definition) is 4. The lowest BCUT2D eigenvalue weighted by atomic mass is 10.1. The average molecular weight is 404 g/mol. The SMILES string of the molecule is CC(C)NC[C@@H](COc1cccc2[nH]c3ccccc3c12)OCc1ccc(N)cc1. The fourth-order valence-electron chi connectivity index (χ4n) is 3.53. The molecule has 0 amide bonds. The maximum atomic E-state index is 6.28. The van der Waals surface area contributed by atoms with Gasteiger partial charge in [0.2, 0.25) is 0 Å². The maximum Gasteiger partial charge on any atom is 0.129 e. The number of nitrogens with one attached hydrogen (secondary N) is 2. The van der Waals surface area contributed by atoms with Crippen LogP contribution in [0.5, 0.6) is 5.75 Å². The highest BCUT2D eigenvalue weighted by Crippen LogP contribution is 2.33. The van der Waals surface area contributed by atoms with Crippen molar-refractivity contribution in [3.05, 3.63) is 72.3 Å². The summed E-state index contributed by atoms with van der Waals surface area (Å²) in [5.74, 6) is 0.871. The number of para-hydroxylation sites is 1. The minimum Gasteiger partial charge on any atom is -0.490 e. The van der Waals surface area contributed by atoms with Crippen LogP contribution in [0.4, 0.5) is 5.69 Å². The monoisotopic (exact) mass is 403 g/mol. The third-order valence-corrected chi connectivity index (χ3v) is 5.14. The summed E-state index contributed by atoms with van der Waals surface area (Å²) in [4.78, 5) is 3.46. The minimum atomic E-state index is -0.0783. The molecule has 0 saturated carbocycles. The van der Waals surface area contributed by atoms with Gasteiger partial charge < -0.3 is 25.5 Å². The van der Waals surface area contributed by atoms with Gasteiger partial charge in [-0.05, 0) is 35.9 Å². The minimum absolute atomic E-state index is 0.0783. The molecular formula is C25H29N3O2. The van der Waals surface area contributed by atoms with E-state index >= 15 is 0 Å². The van der Waals surface area contributed by atoms with Gasteiger partial charge in [-0.15, -0.1) is 0 Å². The van der Waals surface area contributed by atoms with Crippen LogP contribution in [-0.4, -0.2) is 30.3 Å². The lowest BCUT2D eigenvalue weighted by molar-refractivity contribution is 0.00959. The summed E-state index contributed by atoms with van der Waals surface area (Å²) < 4.78 is 12.5. The van der Waals surface area contributed by atoms with Crippen LogP contribution in [-0.2, 0) is 11.3 Å². The van der Waals surface area contributed by atoms with E-state index in [1.807, 2.05) is 42.5 Å². The van der Waals surface area contributed by atoms with Gasteiger partial charge in [-0.1, -0.05) is 50.2 Å². The average Bonchev–Trinajstić information content (AvgIpc) is 3.13. The van der Waals surface area contributed by atoms with Crippen molar-refractivity contribution >= 4 is 27.5 Å². The number of rotatable bonds is 9. The molecule has 0 fully saturated rings. The van der Waals surface area contributed by atoms with Crippen molar-refractivity contribution in [1.29, 1.82) is 0 Å². The molecule has 30 heavy (non-hydrogen) atoms. The topological polar surface area (TPSA) is 72.3 Å². The summed E-state index contributed by atoms with van der Waals surface area (Å²) in [6, 6.07) is 22.6. The summed E-state index contributed by atoms with van der Waals surface area (Å²) in [5.41, 5.74) is 9.82. The van der Waals surface area contributed by atoms with E-state index in [0.29, 0.717) is 19.3 Å². The van der Waals surface area contributed by atoms with Gasteiger partial charge in [0.25, 0.3) is 0 Å². The molecule has 0 saturated heterocycles. The van der Waals surface area contributed by atoms with E-state index in [0.717, 1.165) is 40.0 Å². The van der Waals surface area contributed by atoms with Crippen molar-refractivity contribution in [2.24, 2.45) is 0 Å². The van der Waals surface area contributed by atoms with Crippen molar-refractivity contribution in [2.45, 2.75) is 32.6 Å². The van der Waals surface area contributed by atoms with E-state index in [1.165, 1.54) is 5.39 Å². The molecule has 1 aromatic heterocycles. The molecule has 0 aliphatic carbocycles. The van der Waals surface area contributed by atoms with Gasteiger partial charge in [-0.25, -0.2) is 0 Å². The molecular weight excluding hydrogens is 374 g/mol. The summed E-state index contributed by atoms with van der Waals surface area (Å²) >= 11 is 0. The Morgan fingerprint density at radius 2 is 1.70 bits per heavy atom. The first-order valence-corrected chi connectivity index (χ1v) is 10.4. The van der Waals surface area contributed by atoms with Crippen molar-refractivity contribution in [3.8, 4) is 5.75 Å². The first kappa shape index (κ1) is 20.3. The van der Waals surface area contributed by atoms with Crippen molar-refractivity contribution < 1.29 is 9.47 Å². The molecule has 0 aliphatic rings. The number of nitrogens with two attached hydrogens (primary N) is 1. The molecule has 4 rings (SSSR count). The van der Waals surface area contributed by atoms with E-state index in [9.17, 15) is 0 Å². The number of hydrogen-bond donors (Lipinski definition) is 3. The molecule has 5 nitrogen and oxygen atoms in total. The highest BCUT2D eigenvalue weighted by atomic mass is 16.5. The van der Waals surface area contributed by atoms with E-state index < -0.39 is 0 Å². The van der Waals surface area contributed by atoms with Crippen LogP contribution in [0.15, 0.2) is 66.7 Å². The molecule has 0 unspecified atom stereocenters. The Balaban J connectivity index is 1.49. The molecule has 5 heteroatoms. The Morgan fingerprint density at radius 1 is 0.933 bits per heavy atom. The zero-order valence-electron chi connectivity index (χ0n) is 17.5. The second-order valence-electron chi connectivity index (χ2n) is 7.90. The molecule has 0 spiro atoms. The van der Waals surface area contributed by atoms with Crippen LogP contribution in [0, 0.1) is 0 Å². The first-order chi connectivity index (χ1) is 14.6. The van der Waals surface area contributed by atoms with Crippen LogP contribution >= 0.6 is 0 Å². The normalized spacial score (nSPS) is 12.6. The molecule has 0 radical (unpaired) electrons. The second kappa shape index (κ2) is 9.20. The van der Waals surface area contributed by atoms with Gasteiger partial charge in [0.15, 0.2) is 0 Å². The predicted molar refractivity (Wildman–Crippen MR) is 124 cm³/mol. The van der Waals surface area contributed by atoms with Gasteiger partial charge >= 0.3 is 0 Å². The number of benzene rings is 3. The maximum absolute atomic E-state index is 6.28. The van der Waals surface area contributed by atoms with E-state index in [2.05, 4.69) is 48.4 Å². The van der Waals surface area contributed by atoms with Gasteiger partial charge in [0.1, 0.15) is 18.5 Å². The molecule has 156 valence electrons. The predicted octanol–water partition coefficient (Wildman–Crippen LogP) is 4.87. The summed E-state index contributed by atoms with van der Waals surface area (Å²) in [6.07, 6.45) is -0.0783. The van der Waals surface area contributed by atoms with Crippen LogP contribution in [0.2, 0.25) is 0 Å². The lowest BCUT2D eigenvalue weighted by Gasteiger charge is -2.21. The Bertz CT molecular complexity index is 1100. The van der Waals surface area contributed by atoms with Crippen LogP contribution in [0.25, 0.3) is 21.8 Å². The molecule has 0 bridgehead atoms. The highest BCUT2D eigenvalue weighted by Gasteiger charge is 2.14. The zero-order valence-corrected chi connectivity index (χ0v) is 17.5. The molecule has 4 aromatic rings. The number of nitrogen functional groups attached to an aromatic ring is 1. The van der Waals surface area contributed by atoms with Crippen molar-refractivity contribution in [3.63, 3.8) is 0 Å². The van der Waals surface area contributed by atoms with Gasteiger partial charge in [-0.3, -0.25) is 0 Å². The lowest BCUT2D eigenvalue weighted by Crippen LogP contribution is -2.37. The largest absolute Gasteiger partial charge is 0.490 e. The number of fused-ring (bicyclic) bond motifs is 3. The zero-order chi connectivity index (χ0) is 20.9. The number of aromatic nitrogens is 1. The smallest absolute Gasteiger partial charge is 0.129 e. The highest BCUT2D eigenvalue weighted by molar-refractivity contribution is 6.10. The van der Waals surface area contributed by atoms with E-state index in [4.69, 9.17) is 15.2 Å². The Labute approximate surface area is 177 Å². The van der Waals surface area contributed by atoms with Crippen LogP contribution < -0.4 is 15.8 Å². The van der Waals surface area contributed by atoms with E-state index in [1.54, 1.807) is 0 Å².